The van der Waals surface area contributed by atoms with Crippen LogP contribution in [0.15, 0.2) is 247 Å². The largest absolute Gasteiger partial charge is 0.453 e. The number of aromatic nitrogens is 4. The summed E-state index contributed by atoms with van der Waals surface area (Å²) in [4.78, 5) is 15.6. The molecule has 0 radical (unpaired) electrons. The predicted octanol–water partition coefficient (Wildman–Crippen LogP) is 16.5. The van der Waals surface area contributed by atoms with Crippen LogP contribution >= 0.6 is 0 Å². The van der Waals surface area contributed by atoms with E-state index in [4.69, 9.17) is 19.4 Å². The topological polar surface area (TPSA) is 56.7 Å². The molecule has 0 unspecified atom stereocenters. The first-order valence-electron chi connectivity index (χ1n) is 22.9. The van der Waals surface area contributed by atoms with Gasteiger partial charge in [-0.3, -0.25) is 0 Å². The molecular formula is C63H40N4O. The Labute approximate surface area is 392 Å². The first kappa shape index (κ1) is 39.2. The number of furan rings is 1. The number of fused-ring (bicyclic) bond motifs is 7. The van der Waals surface area contributed by atoms with Crippen molar-refractivity contribution in [2.45, 2.75) is 0 Å². The maximum atomic E-state index is 7.20. The average molecular weight is 869 g/mol. The SMILES string of the molecule is c1ccc(-c2ccc(-c3nc(-c4cccc(-c5ccccc5)c4)nc(-c4cccc5c4oc4c5ccc5c6ccccc6n(-c6ccc(-c7cccc(-c8ccccc8)c7)cc6)c54)n3)cc2)cc1. The van der Waals surface area contributed by atoms with Crippen molar-refractivity contribution in [1.82, 2.24) is 19.5 Å². The summed E-state index contributed by atoms with van der Waals surface area (Å²) in [5.41, 5.74) is 16.5. The lowest BCUT2D eigenvalue weighted by atomic mass is 9.99. The minimum absolute atomic E-state index is 0.538. The van der Waals surface area contributed by atoms with Gasteiger partial charge in [0.05, 0.1) is 16.6 Å². The molecule has 0 aliphatic rings. The molecule has 0 aliphatic carbocycles. The van der Waals surface area contributed by atoms with Crippen LogP contribution in [0, 0.1) is 0 Å². The Kier molecular flexibility index (Phi) is 9.43. The second-order valence-corrected chi connectivity index (χ2v) is 17.2. The number of para-hydroxylation sites is 2. The van der Waals surface area contributed by atoms with E-state index < -0.39 is 0 Å². The van der Waals surface area contributed by atoms with Crippen LogP contribution in [0.5, 0.6) is 0 Å². The molecule has 10 aromatic carbocycles. The van der Waals surface area contributed by atoms with E-state index in [9.17, 15) is 0 Å². The maximum absolute atomic E-state index is 7.20. The van der Waals surface area contributed by atoms with Gasteiger partial charge in [0.2, 0.25) is 0 Å². The fourth-order valence-corrected chi connectivity index (χ4v) is 9.73. The molecule has 5 nitrogen and oxygen atoms in total. The summed E-state index contributed by atoms with van der Waals surface area (Å²) in [7, 11) is 0. The minimum Gasteiger partial charge on any atom is -0.453 e. The summed E-state index contributed by atoms with van der Waals surface area (Å²) < 4.78 is 9.55. The number of hydrogen-bond acceptors (Lipinski definition) is 4. The summed E-state index contributed by atoms with van der Waals surface area (Å²) in [5.74, 6) is 1.71. The highest BCUT2D eigenvalue weighted by Crippen LogP contribution is 2.43. The Bertz CT molecular complexity index is 3990. The molecule has 0 saturated carbocycles. The van der Waals surface area contributed by atoms with Crippen molar-refractivity contribution in [3.05, 3.63) is 243 Å². The Balaban J connectivity index is 0.971. The summed E-state index contributed by atoms with van der Waals surface area (Å²) in [5, 5.41) is 4.30. The number of rotatable bonds is 8. The van der Waals surface area contributed by atoms with Crippen molar-refractivity contribution in [2.75, 3.05) is 0 Å². The molecule has 13 aromatic rings. The third kappa shape index (κ3) is 6.84. The number of hydrogen-bond donors (Lipinski definition) is 0. The van der Waals surface area contributed by atoms with E-state index in [0.717, 1.165) is 93.9 Å². The van der Waals surface area contributed by atoms with E-state index in [0.29, 0.717) is 17.5 Å². The van der Waals surface area contributed by atoms with Gasteiger partial charge in [0.1, 0.15) is 5.58 Å². The molecule has 0 spiro atoms. The van der Waals surface area contributed by atoms with E-state index >= 15 is 0 Å². The van der Waals surface area contributed by atoms with E-state index in [2.05, 4.69) is 235 Å². The molecule has 0 atom stereocenters. The molecule has 0 aliphatic heterocycles. The van der Waals surface area contributed by atoms with E-state index in [-0.39, 0.29) is 0 Å². The quantitative estimate of drug-likeness (QED) is 0.153. The van der Waals surface area contributed by atoms with Crippen LogP contribution in [0.1, 0.15) is 0 Å². The summed E-state index contributed by atoms with van der Waals surface area (Å²) >= 11 is 0. The average Bonchev–Trinajstić information content (AvgIpc) is 3.98. The molecule has 318 valence electrons. The summed E-state index contributed by atoms with van der Waals surface area (Å²) in [6.07, 6.45) is 0. The van der Waals surface area contributed by atoms with E-state index in [1.54, 1.807) is 0 Å². The number of benzene rings is 10. The molecule has 0 saturated heterocycles. The van der Waals surface area contributed by atoms with Crippen molar-refractivity contribution >= 4 is 43.7 Å². The third-order valence-electron chi connectivity index (χ3n) is 13.1. The van der Waals surface area contributed by atoms with E-state index in [1.807, 2.05) is 12.1 Å². The standard InChI is InChI=1S/C63H40N4O/c1-4-15-41(16-5-1)44-29-31-46(32-30-44)61-64-62(50-24-13-23-49(40-50)43-19-8-3-9-20-43)66-63(65-61)56-27-14-26-54-55-38-37-53-52-25-10-11-28-57(52)67(58(53)60(55)68-59(54)56)51-35-33-45(34-36-51)48-22-12-21-47(39-48)42-17-6-2-7-18-42/h1-40H. The normalized spacial score (nSPS) is 11.5. The van der Waals surface area contributed by atoms with Crippen LogP contribution in [0.25, 0.3) is 128 Å². The molecule has 0 fully saturated rings. The van der Waals surface area contributed by atoms with Crippen LogP contribution in [0.4, 0.5) is 0 Å². The van der Waals surface area contributed by atoms with Gasteiger partial charge < -0.3 is 8.98 Å². The molecule has 5 heteroatoms. The first-order valence-corrected chi connectivity index (χ1v) is 22.9. The first-order chi connectivity index (χ1) is 33.7. The minimum atomic E-state index is 0.538. The van der Waals surface area contributed by atoms with Gasteiger partial charge in [-0.25, -0.2) is 15.0 Å². The Morgan fingerprint density at radius 2 is 0.706 bits per heavy atom. The van der Waals surface area contributed by atoms with Crippen LogP contribution in [0.3, 0.4) is 0 Å². The highest BCUT2D eigenvalue weighted by Gasteiger charge is 2.22. The maximum Gasteiger partial charge on any atom is 0.167 e. The zero-order chi connectivity index (χ0) is 45.0. The van der Waals surface area contributed by atoms with Gasteiger partial charge in [0.15, 0.2) is 23.1 Å². The third-order valence-corrected chi connectivity index (χ3v) is 13.1. The fraction of sp³-hybridized carbons (Fsp3) is 0. The second-order valence-electron chi connectivity index (χ2n) is 17.2. The highest BCUT2D eigenvalue weighted by molar-refractivity contribution is 6.22. The summed E-state index contributed by atoms with van der Waals surface area (Å²) in [6.45, 7) is 0. The zero-order valence-corrected chi connectivity index (χ0v) is 36.8. The molecule has 0 bridgehead atoms. The van der Waals surface area contributed by atoms with Crippen molar-refractivity contribution in [3.63, 3.8) is 0 Å². The highest BCUT2D eigenvalue weighted by atomic mass is 16.3. The Hall–Kier alpha value is -9.19. The van der Waals surface area contributed by atoms with Crippen LogP contribution < -0.4 is 0 Å². The van der Waals surface area contributed by atoms with E-state index in [1.165, 1.54) is 16.7 Å². The zero-order valence-electron chi connectivity index (χ0n) is 36.8. The van der Waals surface area contributed by atoms with Crippen molar-refractivity contribution in [3.8, 4) is 84.4 Å². The van der Waals surface area contributed by atoms with Gasteiger partial charge in [-0.05, 0) is 87.0 Å². The van der Waals surface area contributed by atoms with Crippen molar-refractivity contribution < 1.29 is 4.42 Å². The van der Waals surface area contributed by atoms with Gasteiger partial charge >= 0.3 is 0 Å². The van der Waals surface area contributed by atoms with Gasteiger partial charge in [-0.2, -0.15) is 0 Å². The Morgan fingerprint density at radius 3 is 1.37 bits per heavy atom. The lowest BCUT2D eigenvalue weighted by molar-refractivity contribution is 0.671. The van der Waals surface area contributed by atoms with Gasteiger partial charge in [0.25, 0.3) is 0 Å². The van der Waals surface area contributed by atoms with Crippen LogP contribution in [-0.2, 0) is 0 Å². The van der Waals surface area contributed by atoms with Gasteiger partial charge in [0, 0.05) is 38.4 Å². The smallest absolute Gasteiger partial charge is 0.167 e. The van der Waals surface area contributed by atoms with Crippen LogP contribution in [-0.4, -0.2) is 19.5 Å². The molecule has 3 heterocycles. The fourth-order valence-electron chi connectivity index (χ4n) is 9.73. The molecule has 0 amide bonds. The van der Waals surface area contributed by atoms with Crippen molar-refractivity contribution in [2.24, 2.45) is 0 Å². The molecule has 3 aromatic heterocycles. The van der Waals surface area contributed by atoms with Gasteiger partial charge in [-0.1, -0.05) is 200 Å². The van der Waals surface area contributed by atoms with Crippen molar-refractivity contribution in [1.29, 1.82) is 0 Å². The second kappa shape index (κ2) is 16.4. The monoisotopic (exact) mass is 868 g/mol. The summed E-state index contributed by atoms with van der Waals surface area (Å²) in [6, 6.07) is 85.1. The predicted molar refractivity (Wildman–Crippen MR) is 279 cm³/mol. The molecule has 13 rings (SSSR count). The number of nitrogens with zero attached hydrogens (tertiary/aromatic N) is 4. The molecule has 0 N–H and O–H groups in total. The molecule has 68 heavy (non-hydrogen) atoms. The van der Waals surface area contributed by atoms with Gasteiger partial charge in [-0.15, -0.1) is 0 Å². The lowest BCUT2D eigenvalue weighted by Gasteiger charge is -2.11. The molecular weight excluding hydrogens is 829 g/mol. The Morgan fingerprint density at radius 1 is 0.279 bits per heavy atom. The lowest BCUT2D eigenvalue weighted by Crippen LogP contribution is -2.00. The van der Waals surface area contributed by atoms with Crippen LogP contribution in [0.2, 0.25) is 0 Å².